The maximum atomic E-state index is 12.2. The van der Waals surface area contributed by atoms with Gasteiger partial charge in [0.25, 0.3) is 5.91 Å². The van der Waals surface area contributed by atoms with Crippen molar-refractivity contribution in [2.24, 2.45) is 5.92 Å². The van der Waals surface area contributed by atoms with Crippen LogP contribution in [0.15, 0.2) is 0 Å². The number of aromatic nitrogens is 3. The van der Waals surface area contributed by atoms with Crippen LogP contribution in [-0.4, -0.2) is 39.1 Å². The van der Waals surface area contributed by atoms with E-state index < -0.39 is 0 Å². The lowest BCUT2D eigenvalue weighted by molar-refractivity contribution is 0.0667. The van der Waals surface area contributed by atoms with E-state index in [4.69, 9.17) is 0 Å². The van der Waals surface area contributed by atoms with Gasteiger partial charge in [-0.05, 0) is 31.6 Å². The molecule has 1 aromatic heterocycles. The summed E-state index contributed by atoms with van der Waals surface area (Å²) in [4.78, 5) is 18.3. The summed E-state index contributed by atoms with van der Waals surface area (Å²) in [5.74, 6) is 1.79. The van der Waals surface area contributed by atoms with Crippen molar-refractivity contribution >= 4 is 5.91 Å². The lowest BCUT2D eigenvalue weighted by Gasteiger charge is -2.32. The summed E-state index contributed by atoms with van der Waals surface area (Å²) in [6.07, 6.45) is 5.36. The highest BCUT2D eigenvalue weighted by Crippen LogP contribution is 2.26. The highest BCUT2D eigenvalue weighted by atomic mass is 16.2. The van der Waals surface area contributed by atoms with Gasteiger partial charge in [-0.1, -0.05) is 13.8 Å². The normalized spacial score (nSPS) is 23.9. The molecule has 0 aliphatic heterocycles. The van der Waals surface area contributed by atoms with E-state index in [9.17, 15) is 4.79 Å². The van der Waals surface area contributed by atoms with Crippen molar-refractivity contribution in [1.82, 2.24) is 20.1 Å². The van der Waals surface area contributed by atoms with Gasteiger partial charge in [-0.15, -0.1) is 5.10 Å². The second-order valence-electron chi connectivity index (χ2n) is 5.29. The summed E-state index contributed by atoms with van der Waals surface area (Å²) >= 11 is 0. The Kier molecular flexibility index (Phi) is 3.99. The van der Waals surface area contributed by atoms with Crippen molar-refractivity contribution in [2.45, 2.75) is 52.0 Å². The monoisotopic (exact) mass is 250 g/mol. The van der Waals surface area contributed by atoms with Crippen molar-refractivity contribution in [3.63, 3.8) is 0 Å². The predicted octanol–water partition coefficient (Wildman–Crippen LogP) is 2.02. The average molecular weight is 250 g/mol. The van der Waals surface area contributed by atoms with Crippen molar-refractivity contribution in [3.05, 3.63) is 11.6 Å². The molecule has 0 spiro atoms. The van der Waals surface area contributed by atoms with Gasteiger partial charge in [0, 0.05) is 19.5 Å². The molecular formula is C13H22N4O. The van der Waals surface area contributed by atoms with E-state index in [1.54, 1.807) is 0 Å². The lowest BCUT2D eigenvalue weighted by Crippen LogP contribution is -2.39. The van der Waals surface area contributed by atoms with Gasteiger partial charge in [-0.2, -0.15) is 0 Å². The maximum Gasteiger partial charge on any atom is 0.293 e. The Bertz CT molecular complexity index is 407. The van der Waals surface area contributed by atoms with Crippen LogP contribution in [-0.2, 0) is 6.42 Å². The fraction of sp³-hybridized carbons (Fsp3) is 0.769. The highest BCUT2D eigenvalue weighted by Gasteiger charge is 2.27. The number of nitrogens with one attached hydrogen (secondary N) is 1. The van der Waals surface area contributed by atoms with E-state index in [1.165, 1.54) is 12.8 Å². The van der Waals surface area contributed by atoms with Crippen LogP contribution in [0, 0.1) is 5.92 Å². The van der Waals surface area contributed by atoms with Crippen LogP contribution in [0.5, 0.6) is 0 Å². The number of hydrogen-bond donors (Lipinski definition) is 1. The molecule has 5 heteroatoms. The molecular weight excluding hydrogens is 228 g/mol. The molecule has 1 amide bonds. The first-order valence-electron chi connectivity index (χ1n) is 6.80. The third-order valence-electron chi connectivity index (χ3n) is 3.91. The third kappa shape index (κ3) is 2.71. The Morgan fingerprint density at radius 2 is 2.06 bits per heavy atom. The Morgan fingerprint density at radius 3 is 2.61 bits per heavy atom. The minimum absolute atomic E-state index is 0.0643. The van der Waals surface area contributed by atoms with Crippen molar-refractivity contribution in [3.8, 4) is 0 Å². The zero-order valence-corrected chi connectivity index (χ0v) is 11.4. The predicted molar refractivity (Wildman–Crippen MR) is 69.3 cm³/mol. The van der Waals surface area contributed by atoms with Gasteiger partial charge in [-0.3, -0.25) is 9.89 Å². The Balaban J connectivity index is 1.99. The van der Waals surface area contributed by atoms with E-state index in [1.807, 2.05) is 18.9 Å². The molecule has 0 atom stereocenters. The summed E-state index contributed by atoms with van der Waals surface area (Å²) in [7, 11) is 1.87. The molecule has 0 unspecified atom stereocenters. The molecule has 1 aromatic rings. The summed E-state index contributed by atoms with van der Waals surface area (Å²) in [5.41, 5.74) is 0. The van der Waals surface area contributed by atoms with Gasteiger partial charge >= 0.3 is 0 Å². The first-order chi connectivity index (χ1) is 8.61. The van der Waals surface area contributed by atoms with Gasteiger partial charge in [0.2, 0.25) is 5.82 Å². The van der Waals surface area contributed by atoms with Gasteiger partial charge in [0.15, 0.2) is 0 Å². The fourth-order valence-electron chi connectivity index (χ4n) is 2.50. The van der Waals surface area contributed by atoms with Crippen LogP contribution in [0.2, 0.25) is 0 Å². The molecule has 0 aromatic carbocycles. The second kappa shape index (κ2) is 5.50. The van der Waals surface area contributed by atoms with Gasteiger partial charge < -0.3 is 4.90 Å². The van der Waals surface area contributed by atoms with Crippen molar-refractivity contribution < 1.29 is 4.79 Å². The molecule has 1 saturated carbocycles. The molecule has 0 radical (unpaired) electrons. The Morgan fingerprint density at radius 1 is 1.39 bits per heavy atom. The van der Waals surface area contributed by atoms with E-state index >= 15 is 0 Å². The number of aromatic amines is 1. The van der Waals surface area contributed by atoms with Crippen LogP contribution < -0.4 is 0 Å². The number of rotatable bonds is 3. The topological polar surface area (TPSA) is 61.9 Å². The van der Waals surface area contributed by atoms with E-state index in [-0.39, 0.29) is 5.91 Å². The standard InChI is InChI=1S/C13H22N4O/c1-4-11-14-12(16-15-11)13(18)17(3)10-7-5-9(2)6-8-10/h9-10H,4-8H2,1-3H3,(H,14,15,16). The minimum Gasteiger partial charge on any atom is -0.336 e. The smallest absolute Gasteiger partial charge is 0.293 e. The molecule has 5 nitrogen and oxygen atoms in total. The van der Waals surface area contributed by atoms with Gasteiger partial charge in [0.1, 0.15) is 5.82 Å². The number of aryl methyl sites for hydroxylation is 1. The molecule has 1 fully saturated rings. The molecule has 1 aliphatic carbocycles. The van der Waals surface area contributed by atoms with Crippen molar-refractivity contribution in [2.75, 3.05) is 7.05 Å². The number of H-pyrrole nitrogens is 1. The maximum absolute atomic E-state index is 12.2. The first kappa shape index (κ1) is 13.1. The number of carbonyl (C=O) groups excluding carboxylic acids is 1. The summed E-state index contributed by atoms with van der Waals surface area (Å²) < 4.78 is 0. The molecule has 1 aliphatic rings. The van der Waals surface area contributed by atoms with Crippen LogP contribution in [0.25, 0.3) is 0 Å². The molecule has 2 rings (SSSR count). The van der Waals surface area contributed by atoms with E-state index in [2.05, 4.69) is 22.1 Å². The number of nitrogens with zero attached hydrogens (tertiary/aromatic N) is 3. The molecule has 1 N–H and O–H groups in total. The van der Waals surface area contributed by atoms with E-state index in [0.717, 1.165) is 31.0 Å². The number of hydrogen-bond acceptors (Lipinski definition) is 3. The Labute approximate surface area is 108 Å². The molecule has 0 bridgehead atoms. The number of amides is 1. The van der Waals surface area contributed by atoms with E-state index in [0.29, 0.717) is 11.9 Å². The Hall–Kier alpha value is -1.39. The SMILES string of the molecule is CCc1nc(C(=O)N(C)C2CCC(C)CC2)n[nH]1. The van der Waals surface area contributed by atoms with Crippen LogP contribution in [0.3, 0.4) is 0 Å². The van der Waals surface area contributed by atoms with Crippen LogP contribution >= 0.6 is 0 Å². The largest absolute Gasteiger partial charge is 0.336 e. The fourth-order valence-corrected chi connectivity index (χ4v) is 2.50. The lowest BCUT2D eigenvalue weighted by atomic mass is 9.87. The highest BCUT2D eigenvalue weighted by molar-refractivity contribution is 5.90. The second-order valence-corrected chi connectivity index (χ2v) is 5.29. The zero-order chi connectivity index (χ0) is 13.1. The van der Waals surface area contributed by atoms with Gasteiger partial charge in [-0.25, -0.2) is 4.98 Å². The first-order valence-corrected chi connectivity index (χ1v) is 6.80. The minimum atomic E-state index is -0.0643. The van der Waals surface area contributed by atoms with Gasteiger partial charge in [0.05, 0.1) is 0 Å². The third-order valence-corrected chi connectivity index (χ3v) is 3.91. The van der Waals surface area contributed by atoms with Crippen LogP contribution in [0.4, 0.5) is 0 Å². The summed E-state index contributed by atoms with van der Waals surface area (Å²) in [6, 6.07) is 0.345. The summed E-state index contributed by atoms with van der Waals surface area (Å²) in [5, 5.41) is 6.78. The van der Waals surface area contributed by atoms with Crippen LogP contribution in [0.1, 0.15) is 56.0 Å². The molecule has 0 saturated heterocycles. The molecule has 18 heavy (non-hydrogen) atoms. The van der Waals surface area contributed by atoms with Crippen molar-refractivity contribution in [1.29, 1.82) is 0 Å². The number of carbonyl (C=O) groups is 1. The molecule has 100 valence electrons. The molecule has 1 heterocycles. The quantitative estimate of drug-likeness (QED) is 0.892. The average Bonchev–Trinajstić information content (AvgIpc) is 2.86. The zero-order valence-electron chi connectivity index (χ0n) is 11.4. The summed E-state index contributed by atoms with van der Waals surface area (Å²) in [6.45, 7) is 4.27.